The zero-order chi connectivity index (χ0) is 14.8. The molecule has 0 bridgehead atoms. The molecule has 1 aliphatic heterocycles. The minimum absolute atomic E-state index is 0.195. The molecule has 1 saturated heterocycles. The molecule has 0 radical (unpaired) electrons. The number of carboxylic acids is 1. The predicted molar refractivity (Wildman–Crippen MR) is 76.8 cm³/mol. The van der Waals surface area contributed by atoms with E-state index in [1.54, 1.807) is 0 Å². The molecule has 20 heavy (non-hydrogen) atoms. The number of aliphatic carboxylic acids is 1. The van der Waals surface area contributed by atoms with E-state index in [1.165, 1.54) is 10.6 Å². The van der Waals surface area contributed by atoms with Gasteiger partial charge in [0.1, 0.15) is 0 Å². The molecule has 0 aromatic carbocycles. The normalized spacial score (nSPS) is 27.6. The Labute approximate surface area is 121 Å². The van der Waals surface area contributed by atoms with Crippen LogP contribution in [0.4, 0.5) is 0 Å². The van der Waals surface area contributed by atoms with Gasteiger partial charge >= 0.3 is 5.97 Å². The van der Waals surface area contributed by atoms with Gasteiger partial charge in [-0.3, -0.25) is 4.79 Å². The first-order valence-electron chi connectivity index (χ1n) is 7.56. The molecule has 2 fully saturated rings. The standard InChI is InChI=1S/C14H25NO4S/c1-20(18,19)15-8-4-5-11(10-15)9-13(14(16)17)12-6-2-3-7-12/h11-13H,2-10H2,1H3,(H,16,17). The Morgan fingerprint density at radius 2 is 1.90 bits per heavy atom. The van der Waals surface area contributed by atoms with Crippen molar-refractivity contribution in [2.45, 2.75) is 44.9 Å². The molecule has 5 nitrogen and oxygen atoms in total. The van der Waals surface area contributed by atoms with E-state index in [-0.39, 0.29) is 11.8 Å². The smallest absolute Gasteiger partial charge is 0.306 e. The van der Waals surface area contributed by atoms with Crippen LogP contribution in [0.15, 0.2) is 0 Å². The number of carboxylic acid groups (broad SMARTS) is 1. The Bertz CT molecular complexity index is 442. The van der Waals surface area contributed by atoms with Gasteiger partial charge in [0, 0.05) is 13.1 Å². The highest BCUT2D eigenvalue weighted by Gasteiger charge is 2.35. The second kappa shape index (κ2) is 6.43. The SMILES string of the molecule is CS(=O)(=O)N1CCCC(CC(C(=O)O)C2CCCC2)C1. The summed E-state index contributed by atoms with van der Waals surface area (Å²) in [6, 6.07) is 0. The molecule has 2 aliphatic rings. The largest absolute Gasteiger partial charge is 0.481 e. The third-order valence-corrected chi connectivity index (χ3v) is 6.09. The number of carbonyl (C=O) groups is 1. The molecule has 6 heteroatoms. The highest BCUT2D eigenvalue weighted by atomic mass is 32.2. The van der Waals surface area contributed by atoms with E-state index in [0.717, 1.165) is 38.5 Å². The third-order valence-electron chi connectivity index (χ3n) is 4.82. The second-order valence-electron chi connectivity index (χ2n) is 6.35. The van der Waals surface area contributed by atoms with Crippen LogP contribution in [0.2, 0.25) is 0 Å². The van der Waals surface area contributed by atoms with Crippen LogP contribution < -0.4 is 0 Å². The van der Waals surface area contributed by atoms with Gasteiger partial charge < -0.3 is 5.11 Å². The Kier molecular flexibility index (Phi) is 5.07. The molecule has 2 rings (SSSR count). The Morgan fingerprint density at radius 1 is 1.25 bits per heavy atom. The fraction of sp³-hybridized carbons (Fsp3) is 0.929. The first kappa shape index (κ1) is 15.8. The van der Waals surface area contributed by atoms with E-state index in [2.05, 4.69) is 0 Å². The van der Waals surface area contributed by atoms with Crippen LogP contribution >= 0.6 is 0 Å². The summed E-state index contributed by atoms with van der Waals surface area (Å²) < 4.78 is 24.7. The number of hydrogen-bond acceptors (Lipinski definition) is 3. The highest BCUT2D eigenvalue weighted by molar-refractivity contribution is 7.88. The lowest BCUT2D eigenvalue weighted by molar-refractivity contribution is -0.144. The number of hydrogen-bond donors (Lipinski definition) is 1. The summed E-state index contributed by atoms with van der Waals surface area (Å²) in [5.74, 6) is -0.503. The van der Waals surface area contributed by atoms with Crippen LogP contribution in [0.5, 0.6) is 0 Å². The lowest BCUT2D eigenvalue weighted by Crippen LogP contribution is -2.40. The van der Waals surface area contributed by atoms with Crippen molar-refractivity contribution in [3.05, 3.63) is 0 Å². The van der Waals surface area contributed by atoms with Gasteiger partial charge in [0.25, 0.3) is 0 Å². The fourth-order valence-electron chi connectivity index (χ4n) is 3.73. The molecule has 0 aromatic heterocycles. The van der Waals surface area contributed by atoms with Crippen molar-refractivity contribution in [1.82, 2.24) is 4.31 Å². The maximum atomic E-state index is 11.6. The van der Waals surface area contributed by atoms with Crippen molar-refractivity contribution in [2.24, 2.45) is 17.8 Å². The monoisotopic (exact) mass is 303 g/mol. The van der Waals surface area contributed by atoms with E-state index >= 15 is 0 Å². The van der Waals surface area contributed by atoms with Crippen LogP contribution in [0.1, 0.15) is 44.9 Å². The van der Waals surface area contributed by atoms with Gasteiger partial charge in [0.15, 0.2) is 0 Å². The summed E-state index contributed by atoms with van der Waals surface area (Å²) in [5, 5.41) is 9.46. The van der Waals surface area contributed by atoms with Gasteiger partial charge in [-0.1, -0.05) is 12.8 Å². The van der Waals surface area contributed by atoms with E-state index in [0.29, 0.717) is 25.4 Å². The van der Waals surface area contributed by atoms with Gasteiger partial charge in [-0.2, -0.15) is 0 Å². The summed E-state index contributed by atoms with van der Waals surface area (Å²) in [6.07, 6.45) is 7.95. The second-order valence-corrected chi connectivity index (χ2v) is 8.34. The fourth-order valence-corrected chi connectivity index (χ4v) is 4.68. The lowest BCUT2D eigenvalue weighted by Gasteiger charge is -2.33. The number of nitrogens with zero attached hydrogens (tertiary/aromatic N) is 1. The minimum Gasteiger partial charge on any atom is -0.481 e. The minimum atomic E-state index is -3.15. The maximum Gasteiger partial charge on any atom is 0.306 e. The van der Waals surface area contributed by atoms with Crippen molar-refractivity contribution in [3.8, 4) is 0 Å². The van der Waals surface area contributed by atoms with Crippen molar-refractivity contribution >= 4 is 16.0 Å². The van der Waals surface area contributed by atoms with Crippen LogP contribution in [0.25, 0.3) is 0 Å². The van der Waals surface area contributed by atoms with Gasteiger partial charge in [0.2, 0.25) is 10.0 Å². The lowest BCUT2D eigenvalue weighted by atomic mass is 9.81. The summed E-state index contributed by atoms with van der Waals surface area (Å²) in [7, 11) is -3.15. The molecule has 0 spiro atoms. The third kappa shape index (κ3) is 3.95. The van der Waals surface area contributed by atoms with Gasteiger partial charge in [-0.25, -0.2) is 12.7 Å². The average Bonchev–Trinajstić information content (AvgIpc) is 2.88. The summed E-state index contributed by atoms with van der Waals surface area (Å²) >= 11 is 0. The van der Waals surface area contributed by atoms with Crippen LogP contribution in [-0.2, 0) is 14.8 Å². The molecule has 1 heterocycles. The Balaban J connectivity index is 1.97. The van der Waals surface area contributed by atoms with Gasteiger partial charge in [-0.15, -0.1) is 0 Å². The molecule has 116 valence electrons. The molecule has 2 atom stereocenters. The predicted octanol–water partition coefficient (Wildman–Crippen LogP) is 1.94. The number of piperidine rings is 1. The average molecular weight is 303 g/mol. The van der Waals surface area contributed by atoms with Crippen molar-refractivity contribution < 1.29 is 18.3 Å². The molecular weight excluding hydrogens is 278 g/mol. The van der Waals surface area contributed by atoms with Crippen molar-refractivity contribution in [2.75, 3.05) is 19.3 Å². The topological polar surface area (TPSA) is 74.7 Å². The van der Waals surface area contributed by atoms with Crippen molar-refractivity contribution in [1.29, 1.82) is 0 Å². The first-order valence-corrected chi connectivity index (χ1v) is 9.40. The van der Waals surface area contributed by atoms with E-state index in [9.17, 15) is 18.3 Å². The Morgan fingerprint density at radius 3 is 2.45 bits per heavy atom. The number of rotatable bonds is 5. The van der Waals surface area contributed by atoms with Crippen LogP contribution in [-0.4, -0.2) is 43.1 Å². The molecular formula is C14H25NO4S. The first-order chi connectivity index (χ1) is 9.38. The van der Waals surface area contributed by atoms with E-state index < -0.39 is 16.0 Å². The summed E-state index contributed by atoms with van der Waals surface area (Å²) in [5.41, 5.74) is 0. The van der Waals surface area contributed by atoms with E-state index in [4.69, 9.17) is 0 Å². The molecule has 1 aliphatic carbocycles. The van der Waals surface area contributed by atoms with Crippen LogP contribution in [0.3, 0.4) is 0 Å². The number of sulfonamides is 1. The zero-order valence-electron chi connectivity index (χ0n) is 12.1. The van der Waals surface area contributed by atoms with Gasteiger partial charge in [0.05, 0.1) is 12.2 Å². The van der Waals surface area contributed by atoms with Crippen molar-refractivity contribution in [3.63, 3.8) is 0 Å². The molecule has 0 amide bonds. The molecule has 2 unspecified atom stereocenters. The quantitative estimate of drug-likeness (QED) is 0.842. The highest BCUT2D eigenvalue weighted by Crippen LogP contribution is 2.36. The maximum absolute atomic E-state index is 11.6. The summed E-state index contributed by atoms with van der Waals surface area (Å²) in [4.78, 5) is 11.5. The Hall–Kier alpha value is -0.620. The molecule has 1 saturated carbocycles. The van der Waals surface area contributed by atoms with Gasteiger partial charge in [-0.05, 0) is 43.9 Å². The van der Waals surface area contributed by atoms with Crippen LogP contribution in [0, 0.1) is 17.8 Å². The van der Waals surface area contributed by atoms with E-state index in [1.807, 2.05) is 0 Å². The molecule has 1 N–H and O–H groups in total. The summed E-state index contributed by atoms with van der Waals surface area (Å²) in [6.45, 7) is 1.08. The molecule has 0 aromatic rings. The zero-order valence-corrected chi connectivity index (χ0v) is 12.9.